The van der Waals surface area contributed by atoms with E-state index in [9.17, 15) is 9.59 Å². The molecule has 4 rings (SSSR count). The molecule has 0 bridgehead atoms. The number of para-hydroxylation sites is 1. The van der Waals surface area contributed by atoms with E-state index in [4.69, 9.17) is 18.9 Å². The van der Waals surface area contributed by atoms with Crippen LogP contribution in [0.2, 0.25) is 0 Å². The Morgan fingerprint density at radius 3 is 2.56 bits per heavy atom. The fraction of sp³-hybridized carbons (Fsp3) is 0.375. The number of nitrogens with zero attached hydrogens (tertiary/aromatic N) is 2. The second-order valence-electron chi connectivity index (χ2n) is 7.71. The molecule has 0 saturated carbocycles. The van der Waals surface area contributed by atoms with Gasteiger partial charge in [-0.15, -0.1) is 0 Å². The van der Waals surface area contributed by atoms with Crippen LogP contribution in [0.15, 0.2) is 46.3 Å². The molecular weight excluding hydrogens is 458 g/mol. The second-order valence-corrected chi connectivity index (χ2v) is 8.66. The lowest BCUT2D eigenvalue weighted by Gasteiger charge is -2.17. The van der Waals surface area contributed by atoms with Crippen LogP contribution >= 0.6 is 11.8 Å². The van der Waals surface area contributed by atoms with Gasteiger partial charge in [-0.2, -0.15) is 0 Å². The van der Waals surface area contributed by atoms with E-state index < -0.39 is 0 Å². The van der Waals surface area contributed by atoms with E-state index in [1.165, 1.54) is 33.1 Å². The van der Waals surface area contributed by atoms with Crippen molar-refractivity contribution in [2.75, 3.05) is 39.0 Å². The molecule has 1 unspecified atom stereocenters. The van der Waals surface area contributed by atoms with Gasteiger partial charge in [-0.25, -0.2) is 4.98 Å². The number of nitrogens with one attached hydrogen (secondary N) is 1. The van der Waals surface area contributed by atoms with E-state index in [-0.39, 0.29) is 23.3 Å². The van der Waals surface area contributed by atoms with Crippen LogP contribution in [0.25, 0.3) is 10.9 Å². The number of methoxy groups -OCH3 is 3. The first-order valence-corrected chi connectivity index (χ1v) is 11.9. The first kappa shape index (κ1) is 23.9. The lowest BCUT2D eigenvalue weighted by molar-refractivity contribution is -0.113. The van der Waals surface area contributed by atoms with Crippen LogP contribution in [-0.2, 0) is 16.1 Å². The van der Waals surface area contributed by atoms with E-state index in [0.29, 0.717) is 52.1 Å². The van der Waals surface area contributed by atoms with Gasteiger partial charge in [-0.3, -0.25) is 14.2 Å². The lowest BCUT2D eigenvalue weighted by atomic mass is 10.2. The molecule has 34 heavy (non-hydrogen) atoms. The molecule has 0 radical (unpaired) electrons. The van der Waals surface area contributed by atoms with Crippen LogP contribution in [0.1, 0.15) is 12.8 Å². The summed E-state index contributed by atoms with van der Waals surface area (Å²) in [5, 5.41) is 3.88. The van der Waals surface area contributed by atoms with Crippen molar-refractivity contribution < 1.29 is 23.7 Å². The van der Waals surface area contributed by atoms with E-state index in [2.05, 4.69) is 10.3 Å². The summed E-state index contributed by atoms with van der Waals surface area (Å²) in [7, 11) is 4.54. The van der Waals surface area contributed by atoms with Crippen LogP contribution in [0, 0.1) is 0 Å². The minimum atomic E-state index is -0.259. The Balaban J connectivity index is 1.55. The summed E-state index contributed by atoms with van der Waals surface area (Å²) >= 11 is 1.21. The molecule has 1 amide bonds. The summed E-state index contributed by atoms with van der Waals surface area (Å²) in [6, 6.07) is 10.5. The van der Waals surface area contributed by atoms with E-state index in [0.717, 1.165) is 12.8 Å². The van der Waals surface area contributed by atoms with E-state index >= 15 is 0 Å². The number of hydrogen-bond acceptors (Lipinski definition) is 8. The van der Waals surface area contributed by atoms with Crippen molar-refractivity contribution in [2.45, 2.75) is 30.6 Å². The molecule has 1 aliphatic rings. The third-order valence-electron chi connectivity index (χ3n) is 5.52. The maximum absolute atomic E-state index is 13.2. The molecule has 1 N–H and O–H groups in total. The van der Waals surface area contributed by atoms with Crippen molar-refractivity contribution in [3.05, 3.63) is 46.8 Å². The SMILES string of the molecule is COc1cc(NC(=O)CSc2nc3ccccc3c(=O)n2CC2CCCO2)cc(OC)c1OC. The Bertz CT molecular complexity index is 1210. The van der Waals surface area contributed by atoms with Gasteiger partial charge in [0.2, 0.25) is 11.7 Å². The van der Waals surface area contributed by atoms with Gasteiger partial charge in [-0.1, -0.05) is 23.9 Å². The first-order valence-electron chi connectivity index (χ1n) is 10.9. The summed E-state index contributed by atoms with van der Waals surface area (Å²) < 4.78 is 23.4. The summed E-state index contributed by atoms with van der Waals surface area (Å²) in [6.45, 7) is 1.10. The third kappa shape index (κ3) is 5.13. The maximum Gasteiger partial charge on any atom is 0.262 e. The van der Waals surface area contributed by atoms with Crippen LogP contribution in [0.5, 0.6) is 17.2 Å². The number of carbonyl (C=O) groups is 1. The fourth-order valence-corrected chi connectivity index (χ4v) is 4.70. The zero-order valence-corrected chi connectivity index (χ0v) is 20.1. The van der Waals surface area contributed by atoms with Gasteiger partial charge >= 0.3 is 0 Å². The highest BCUT2D eigenvalue weighted by Crippen LogP contribution is 2.40. The van der Waals surface area contributed by atoms with Crippen LogP contribution in [0.3, 0.4) is 0 Å². The molecule has 0 spiro atoms. The average Bonchev–Trinajstić information content (AvgIpc) is 3.37. The molecule has 2 heterocycles. The van der Waals surface area contributed by atoms with Gasteiger partial charge in [0.15, 0.2) is 16.7 Å². The molecule has 2 aromatic carbocycles. The maximum atomic E-state index is 13.2. The van der Waals surface area contributed by atoms with Gasteiger partial charge in [0.05, 0.1) is 50.6 Å². The van der Waals surface area contributed by atoms with Gasteiger partial charge in [0.1, 0.15) is 0 Å². The summed E-state index contributed by atoms with van der Waals surface area (Å²) in [5.41, 5.74) is 0.973. The van der Waals surface area contributed by atoms with Gasteiger partial charge in [0, 0.05) is 24.4 Å². The van der Waals surface area contributed by atoms with Crippen molar-refractivity contribution >= 4 is 34.3 Å². The van der Waals surface area contributed by atoms with Gasteiger partial charge in [-0.05, 0) is 25.0 Å². The molecule has 9 nitrogen and oxygen atoms in total. The molecule has 1 aliphatic heterocycles. The predicted octanol–water partition coefficient (Wildman–Crippen LogP) is 3.33. The smallest absolute Gasteiger partial charge is 0.262 e. The number of ether oxygens (including phenoxy) is 4. The number of aromatic nitrogens is 2. The Labute approximate surface area is 201 Å². The van der Waals surface area contributed by atoms with Crippen molar-refractivity contribution in [1.82, 2.24) is 9.55 Å². The number of anilines is 1. The zero-order valence-electron chi connectivity index (χ0n) is 19.3. The van der Waals surface area contributed by atoms with Crippen LogP contribution < -0.4 is 25.1 Å². The Morgan fingerprint density at radius 2 is 1.91 bits per heavy atom. The third-order valence-corrected chi connectivity index (χ3v) is 6.49. The number of fused-ring (bicyclic) bond motifs is 1. The number of benzene rings is 2. The van der Waals surface area contributed by atoms with Crippen molar-refractivity contribution in [3.8, 4) is 17.2 Å². The van der Waals surface area contributed by atoms with Crippen molar-refractivity contribution in [3.63, 3.8) is 0 Å². The minimum Gasteiger partial charge on any atom is -0.493 e. The van der Waals surface area contributed by atoms with Gasteiger partial charge < -0.3 is 24.3 Å². The average molecular weight is 486 g/mol. The molecule has 3 aromatic rings. The number of rotatable bonds is 9. The van der Waals surface area contributed by atoms with Gasteiger partial charge in [0.25, 0.3) is 5.56 Å². The van der Waals surface area contributed by atoms with Crippen LogP contribution in [0.4, 0.5) is 5.69 Å². The van der Waals surface area contributed by atoms with Crippen LogP contribution in [-0.4, -0.2) is 55.3 Å². The summed E-state index contributed by atoms with van der Waals surface area (Å²) in [5.74, 6) is 1.12. The molecular formula is C24H27N3O6S. The predicted molar refractivity (Wildman–Crippen MR) is 130 cm³/mol. The van der Waals surface area contributed by atoms with Crippen molar-refractivity contribution in [2.24, 2.45) is 0 Å². The molecule has 0 aliphatic carbocycles. The molecule has 180 valence electrons. The quantitative estimate of drug-likeness (QED) is 0.364. The largest absolute Gasteiger partial charge is 0.493 e. The molecule has 1 saturated heterocycles. The van der Waals surface area contributed by atoms with E-state index in [1.54, 1.807) is 28.8 Å². The summed E-state index contributed by atoms with van der Waals surface area (Å²) in [4.78, 5) is 30.6. The highest BCUT2D eigenvalue weighted by atomic mass is 32.2. The monoisotopic (exact) mass is 485 g/mol. The topological polar surface area (TPSA) is 101 Å². The van der Waals surface area contributed by atoms with Crippen molar-refractivity contribution in [1.29, 1.82) is 0 Å². The Hall–Kier alpha value is -3.24. The Kier molecular flexibility index (Phi) is 7.59. The standard InChI is InChI=1S/C24H27N3O6S/c1-30-19-11-15(12-20(31-2)22(19)32-3)25-21(28)14-34-24-26-18-9-5-4-8-17(18)23(29)27(24)13-16-7-6-10-33-16/h4-5,8-9,11-12,16H,6-7,10,13-14H2,1-3H3,(H,25,28). The number of amides is 1. The molecule has 10 heteroatoms. The highest BCUT2D eigenvalue weighted by Gasteiger charge is 2.21. The highest BCUT2D eigenvalue weighted by molar-refractivity contribution is 7.99. The lowest BCUT2D eigenvalue weighted by Crippen LogP contribution is -2.29. The Morgan fingerprint density at radius 1 is 1.18 bits per heavy atom. The fourth-order valence-electron chi connectivity index (χ4n) is 3.89. The summed E-state index contributed by atoms with van der Waals surface area (Å²) in [6.07, 6.45) is 1.83. The zero-order chi connectivity index (χ0) is 24.1. The molecule has 1 fully saturated rings. The first-order chi connectivity index (χ1) is 16.5. The number of carbonyl (C=O) groups excluding carboxylic acids is 1. The second kappa shape index (κ2) is 10.8. The molecule has 1 atom stereocenters. The molecule has 1 aromatic heterocycles. The number of thioether (sulfide) groups is 1. The van der Waals surface area contributed by atoms with E-state index in [1.807, 2.05) is 12.1 Å². The number of hydrogen-bond donors (Lipinski definition) is 1. The normalized spacial score (nSPS) is 15.3. The minimum absolute atomic E-state index is 0.0342.